The minimum Gasteiger partial charge on any atom is -0.487 e. The van der Waals surface area contributed by atoms with Crippen LogP contribution in [0.15, 0.2) is 48.5 Å². The number of ketones is 1. The largest absolute Gasteiger partial charge is 0.487 e. The third-order valence-corrected chi connectivity index (χ3v) is 8.43. The number of piperidine rings is 2. The third-order valence-electron chi connectivity index (χ3n) is 8.18. The highest BCUT2D eigenvalue weighted by atomic mass is 35.5. The number of nitrogens with one attached hydrogen (secondary N) is 2. The van der Waals surface area contributed by atoms with Crippen molar-refractivity contribution in [3.8, 4) is 5.75 Å². The number of aryl methyl sites for hydroxylation is 1. The molecule has 2 aliphatic rings. The van der Waals surface area contributed by atoms with Crippen molar-refractivity contribution in [1.82, 2.24) is 15.2 Å². The molecule has 0 spiro atoms. The molecule has 198 valence electrons. The molecule has 2 saturated heterocycles. The van der Waals surface area contributed by atoms with Crippen molar-refractivity contribution in [3.63, 3.8) is 0 Å². The fourth-order valence-electron chi connectivity index (χ4n) is 6.09. The fourth-order valence-corrected chi connectivity index (χ4v) is 6.22. The van der Waals surface area contributed by atoms with Gasteiger partial charge in [-0.15, -0.1) is 0 Å². The van der Waals surface area contributed by atoms with Crippen LogP contribution in [0.1, 0.15) is 67.4 Å². The number of hydrogen-bond donors (Lipinski definition) is 2. The molecule has 3 heterocycles. The zero-order valence-corrected chi connectivity index (χ0v) is 22.6. The molecule has 1 atom stereocenters. The molecule has 2 N–H and O–H groups in total. The topological polar surface area (TPSA) is 55.3 Å². The number of carbonyl (C=O) groups is 1. The molecule has 5 rings (SSSR count). The van der Waals surface area contributed by atoms with Gasteiger partial charge in [0.05, 0.1) is 5.69 Å². The second-order valence-corrected chi connectivity index (χ2v) is 11.2. The maximum absolute atomic E-state index is 13.8. The van der Waals surface area contributed by atoms with Crippen molar-refractivity contribution in [2.24, 2.45) is 11.8 Å². The molecule has 6 heteroatoms. The van der Waals surface area contributed by atoms with Crippen LogP contribution in [0.4, 0.5) is 0 Å². The van der Waals surface area contributed by atoms with Gasteiger partial charge in [0, 0.05) is 34.5 Å². The number of nitrogens with zero attached hydrogens (tertiary/aromatic N) is 1. The van der Waals surface area contributed by atoms with Crippen LogP contribution in [-0.4, -0.2) is 36.5 Å². The molecule has 2 fully saturated rings. The Hall–Kier alpha value is -2.34. The zero-order valence-electron chi connectivity index (χ0n) is 21.8. The van der Waals surface area contributed by atoms with Crippen molar-refractivity contribution in [3.05, 3.63) is 64.8 Å². The van der Waals surface area contributed by atoms with Crippen LogP contribution in [-0.2, 0) is 13.2 Å². The summed E-state index contributed by atoms with van der Waals surface area (Å²) in [6, 6.07) is 15.9. The lowest BCUT2D eigenvalue weighted by Gasteiger charge is -2.23. The van der Waals surface area contributed by atoms with Gasteiger partial charge in [-0.05, 0) is 113 Å². The molecule has 2 aromatic carbocycles. The number of aromatic nitrogens is 1. The highest BCUT2D eigenvalue weighted by Crippen LogP contribution is 2.31. The summed E-state index contributed by atoms with van der Waals surface area (Å²) in [7, 11) is 0. The van der Waals surface area contributed by atoms with Crippen molar-refractivity contribution >= 4 is 28.3 Å². The fraction of sp³-hybridized carbons (Fsp3) is 0.516. The van der Waals surface area contributed by atoms with E-state index < -0.39 is 0 Å². The number of fused-ring (bicyclic) bond motifs is 1. The first-order valence-corrected chi connectivity index (χ1v) is 14.5. The normalized spacial score (nSPS) is 18.8. The molecule has 5 nitrogen and oxygen atoms in total. The smallest absolute Gasteiger partial charge is 0.165 e. The predicted octanol–water partition coefficient (Wildman–Crippen LogP) is 6.62. The summed E-state index contributed by atoms with van der Waals surface area (Å²) in [6.07, 6.45) is 8.78. The summed E-state index contributed by atoms with van der Waals surface area (Å²) in [4.78, 5) is 13.8. The highest BCUT2D eigenvalue weighted by molar-refractivity contribution is 6.30. The minimum absolute atomic E-state index is 0.250. The SMILES string of the molecule is O=C(CCC1CCNCC1)c1c(COc2ccc(Cl)cc2)n(CCCC2CCCNC2)c2ccccc12. The van der Waals surface area contributed by atoms with Crippen LogP contribution in [0.25, 0.3) is 10.9 Å². The van der Waals surface area contributed by atoms with E-state index in [4.69, 9.17) is 16.3 Å². The second-order valence-electron chi connectivity index (χ2n) is 10.7. The van der Waals surface area contributed by atoms with Gasteiger partial charge in [-0.2, -0.15) is 0 Å². The molecule has 0 aliphatic carbocycles. The van der Waals surface area contributed by atoms with E-state index in [0.29, 0.717) is 24.0 Å². The van der Waals surface area contributed by atoms with Gasteiger partial charge in [-0.25, -0.2) is 0 Å². The van der Waals surface area contributed by atoms with E-state index in [1.165, 1.54) is 19.3 Å². The van der Waals surface area contributed by atoms with E-state index >= 15 is 0 Å². The maximum atomic E-state index is 13.8. The van der Waals surface area contributed by atoms with Gasteiger partial charge in [0.1, 0.15) is 12.4 Å². The Kier molecular flexibility index (Phi) is 9.19. The van der Waals surface area contributed by atoms with Gasteiger partial charge in [-0.3, -0.25) is 4.79 Å². The van der Waals surface area contributed by atoms with E-state index in [9.17, 15) is 4.79 Å². The van der Waals surface area contributed by atoms with E-state index in [-0.39, 0.29) is 5.78 Å². The lowest BCUT2D eigenvalue weighted by atomic mass is 9.90. The van der Waals surface area contributed by atoms with Gasteiger partial charge in [0.15, 0.2) is 5.78 Å². The van der Waals surface area contributed by atoms with Gasteiger partial charge < -0.3 is 19.9 Å². The molecule has 3 aromatic rings. The standard InChI is InChI=1S/C31H40ClN3O2/c32-25-10-12-26(13-11-25)37-22-29-31(30(36)14-9-23-15-18-33-19-16-23)27-7-1-2-8-28(27)35(29)20-4-6-24-5-3-17-34-21-24/h1-2,7-8,10-13,23-24,33-34H,3-6,9,14-22H2. The molecule has 2 aliphatic heterocycles. The number of halogens is 1. The van der Waals surface area contributed by atoms with Crippen LogP contribution in [0, 0.1) is 11.8 Å². The summed E-state index contributed by atoms with van der Waals surface area (Å²) >= 11 is 6.08. The number of para-hydroxylation sites is 1. The molecule has 0 amide bonds. The van der Waals surface area contributed by atoms with E-state index in [1.807, 2.05) is 30.3 Å². The van der Waals surface area contributed by atoms with Crippen LogP contribution < -0.4 is 15.4 Å². The summed E-state index contributed by atoms with van der Waals surface area (Å²) < 4.78 is 8.61. The van der Waals surface area contributed by atoms with Crippen LogP contribution >= 0.6 is 11.6 Å². The van der Waals surface area contributed by atoms with E-state index in [0.717, 1.165) is 92.2 Å². The number of hydrogen-bond acceptors (Lipinski definition) is 4. The Balaban J connectivity index is 1.40. The number of rotatable bonds is 11. The zero-order chi connectivity index (χ0) is 25.5. The summed E-state index contributed by atoms with van der Waals surface area (Å²) in [5, 5.41) is 8.72. The summed E-state index contributed by atoms with van der Waals surface area (Å²) in [6.45, 7) is 5.67. The molecule has 0 bridgehead atoms. The molecular formula is C31H40ClN3O2. The quantitative estimate of drug-likeness (QED) is 0.278. The number of carbonyl (C=O) groups excluding carboxylic acids is 1. The number of ether oxygens (including phenoxy) is 1. The van der Waals surface area contributed by atoms with Gasteiger partial charge >= 0.3 is 0 Å². The van der Waals surface area contributed by atoms with E-state index in [2.05, 4.69) is 33.4 Å². The van der Waals surface area contributed by atoms with Gasteiger partial charge in [0.25, 0.3) is 0 Å². The van der Waals surface area contributed by atoms with Crippen LogP contribution in [0.3, 0.4) is 0 Å². The summed E-state index contributed by atoms with van der Waals surface area (Å²) in [5.74, 6) is 2.40. The first-order chi connectivity index (χ1) is 18.2. The Bertz CT molecular complexity index is 1160. The lowest BCUT2D eigenvalue weighted by molar-refractivity contribution is 0.0969. The van der Waals surface area contributed by atoms with Crippen LogP contribution in [0.2, 0.25) is 5.02 Å². The molecule has 1 aromatic heterocycles. The molecule has 1 unspecified atom stereocenters. The molecule has 0 radical (unpaired) electrons. The maximum Gasteiger partial charge on any atom is 0.165 e. The summed E-state index contributed by atoms with van der Waals surface area (Å²) in [5.41, 5.74) is 3.01. The highest BCUT2D eigenvalue weighted by Gasteiger charge is 2.24. The number of Topliss-reactive ketones (excluding diaryl/α,β-unsaturated/α-hetero) is 1. The molecule has 37 heavy (non-hydrogen) atoms. The average molecular weight is 522 g/mol. The van der Waals surface area contributed by atoms with Crippen molar-refractivity contribution in [1.29, 1.82) is 0 Å². The van der Waals surface area contributed by atoms with E-state index in [1.54, 1.807) is 0 Å². The Labute approximate surface area is 225 Å². The minimum atomic E-state index is 0.250. The van der Waals surface area contributed by atoms with Crippen molar-refractivity contribution < 1.29 is 9.53 Å². The monoisotopic (exact) mass is 521 g/mol. The third kappa shape index (κ3) is 6.76. The molecule has 0 saturated carbocycles. The average Bonchev–Trinajstić information content (AvgIpc) is 3.26. The van der Waals surface area contributed by atoms with Crippen LogP contribution in [0.5, 0.6) is 5.75 Å². The van der Waals surface area contributed by atoms with Gasteiger partial charge in [0.2, 0.25) is 0 Å². The Morgan fingerprint density at radius 2 is 1.76 bits per heavy atom. The predicted molar refractivity (Wildman–Crippen MR) is 152 cm³/mol. The van der Waals surface area contributed by atoms with Gasteiger partial charge in [-0.1, -0.05) is 29.8 Å². The molecular weight excluding hydrogens is 482 g/mol. The van der Waals surface area contributed by atoms with Crippen molar-refractivity contribution in [2.45, 2.75) is 64.5 Å². The number of benzene rings is 2. The Morgan fingerprint density at radius 3 is 2.54 bits per heavy atom. The Morgan fingerprint density at radius 1 is 0.946 bits per heavy atom. The lowest BCUT2D eigenvalue weighted by Crippen LogP contribution is -2.29. The first-order valence-electron chi connectivity index (χ1n) is 14.1. The first kappa shape index (κ1) is 26.3. The van der Waals surface area contributed by atoms with Crippen molar-refractivity contribution in [2.75, 3.05) is 26.2 Å². The second kappa shape index (κ2) is 12.9.